The molecule has 1 amide bonds. The van der Waals surface area contributed by atoms with Gasteiger partial charge in [0.1, 0.15) is 6.61 Å². The van der Waals surface area contributed by atoms with E-state index in [-0.39, 0.29) is 24.2 Å². The van der Waals surface area contributed by atoms with E-state index in [2.05, 4.69) is 23.1 Å². The summed E-state index contributed by atoms with van der Waals surface area (Å²) in [5, 5.41) is 4.45. The summed E-state index contributed by atoms with van der Waals surface area (Å²) in [6.45, 7) is 8.56. The zero-order chi connectivity index (χ0) is 20.3. The normalized spacial score (nSPS) is 25.4. The number of carbonyl (C=O) groups is 1. The van der Waals surface area contributed by atoms with Gasteiger partial charge in [0, 0.05) is 64.6 Å². The van der Waals surface area contributed by atoms with Gasteiger partial charge in [-0.2, -0.15) is 5.10 Å². The van der Waals surface area contributed by atoms with Crippen LogP contribution in [-0.2, 0) is 32.6 Å². The number of nitrogens with zero attached hydrogens (tertiary/aromatic N) is 4. The van der Waals surface area contributed by atoms with Crippen molar-refractivity contribution in [3.05, 3.63) is 17.5 Å². The minimum Gasteiger partial charge on any atom is -0.378 e. The molecule has 1 aromatic heterocycles. The van der Waals surface area contributed by atoms with Crippen LogP contribution in [0.2, 0.25) is 0 Å². The van der Waals surface area contributed by atoms with Crippen molar-refractivity contribution >= 4 is 5.91 Å². The average molecular weight is 407 g/mol. The fourth-order valence-corrected chi connectivity index (χ4v) is 4.73. The first-order chi connectivity index (χ1) is 14.0. The Hall–Kier alpha value is -1.48. The predicted molar refractivity (Wildman–Crippen MR) is 108 cm³/mol. The monoisotopic (exact) mass is 406 g/mol. The van der Waals surface area contributed by atoms with E-state index in [0.29, 0.717) is 26.3 Å². The number of piperidine rings is 1. The molecule has 0 saturated carbocycles. The predicted octanol–water partition coefficient (Wildman–Crippen LogP) is 1.12. The summed E-state index contributed by atoms with van der Waals surface area (Å²) in [6, 6.07) is 0. The number of likely N-dealkylation sites (tertiary alicyclic amines) is 1. The number of aromatic nitrogens is 2. The van der Waals surface area contributed by atoms with Crippen LogP contribution >= 0.6 is 0 Å². The van der Waals surface area contributed by atoms with E-state index in [0.717, 1.165) is 57.6 Å². The van der Waals surface area contributed by atoms with E-state index < -0.39 is 0 Å². The van der Waals surface area contributed by atoms with Crippen LogP contribution < -0.4 is 0 Å². The van der Waals surface area contributed by atoms with Crippen molar-refractivity contribution in [1.82, 2.24) is 19.6 Å². The second kappa shape index (κ2) is 9.12. The molecule has 8 nitrogen and oxygen atoms in total. The largest absolute Gasteiger partial charge is 0.378 e. The number of ether oxygens (including phenoxy) is 3. The minimum atomic E-state index is -0.0919. The number of morpholine rings is 1. The topological polar surface area (TPSA) is 69.1 Å². The molecular weight excluding hydrogens is 372 g/mol. The van der Waals surface area contributed by atoms with Gasteiger partial charge in [0.25, 0.3) is 0 Å². The maximum absolute atomic E-state index is 12.4. The van der Waals surface area contributed by atoms with E-state index in [4.69, 9.17) is 14.2 Å². The number of amides is 1. The first-order valence-electron chi connectivity index (χ1n) is 10.9. The molecule has 0 radical (unpaired) electrons. The fourth-order valence-electron chi connectivity index (χ4n) is 4.73. The molecule has 0 aliphatic carbocycles. The maximum Gasteiger partial charge on any atom is 0.248 e. The molecule has 0 bridgehead atoms. The van der Waals surface area contributed by atoms with Gasteiger partial charge in [-0.05, 0) is 26.2 Å². The average Bonchev–Trinajstić information content (AvgIpc) is 3.05. The van der Waals surface area contributed by atoms with Gasteiger partial charge < -0.3 is 19.1 Å². The highest BCUT2D eigenvalue weighted by Gasteiger charge is 2.41. The third-order valence-corrected chi connectivity index (χ3v) is 6.53. The molecule has 1 atom stereocenters. The van der Waals surface area contributed by atoms with Crippen LogP contribution in [0, 0.1) is 6.92 Å². The van der Waals surface area contributed by atoms with Crippen LogP contribution in [0.15, 0.2) is 6.20 Å². The second-order valence-electron chi connectivity index (χ2n) is 8.64. The Labute approximate surface area is 173 Å². The molecule has 29 heavy (non-hydrogen) atoms. The molecule has 1 spiro atoms. The molecule has 4 heterocycles. The molecule has 0 N–H and O–H groups in total. The van der Waals surface area contributed by atoms with Crippen molar-refractivity contribution in [3.63, 3.8) is 0 Å². The van der Waals surface area contributed by atoms with Gasteiger partial charge in [0.2, 0.25) is 5.91 Å². The van der Waals surface area contributed by atoms with Gasteiger partial charge in [-0.3, -0.25) is 14.4 Å². The third-order valence-electron chi connectivity index (χ3n) is 6.53. The maximum atomic E-state index is 12.4. The quantitative estimate of drug-likeness (QED) is 0.730. The minimum absolute atomic E-state index is 0.0792. The van der Waals surface area contributed by atoms with Crippen LogP contribution in [0.3, 0.4) is 0 Å². The summed E-state index contributed by atoms with van der Waals surface area (Å²) in [5.41, 5.74) is 2.32. The van der Waals surface area contributed by atoms with Crippen molar-refractivity contribution < 1.29 is 19.0 Å². The van der Waals surface area contributed by atoms with E-state index in [1.165, 1.54) is 5.56 Å². The van der Waals surface area contributed by atoms with Crippen LogP contribution in [0.25, 0.3) is 0 Å². The molecule has 1 aromatic rings. The Balaban J connectivity index is 1.24. The van der Waals surface area contributed by atoms with Crippen molar-refractivity contribution in [2.75, 3.05) is 52.6 Å². The lowest BCUT2D eigenvalue weighted by Gasteiger charge is -2.46. The summed E-state index contributed by atoms with van der Waals surface area (Å²) >= 11 is 0. The van der Waals surface area contributed by atoms with Gasteiger partial charge in [-0.15, -0.1) is 0 Å². The van der Waals surface area contributed by atoms with Gasteiger partial charge in [0.15, 0.2) is 0 Å². The Morgan fingerprint density at radius 3 is 2.69 bits per heavy atom. The zero-order valence-corrected chi connectivity index (χ0v) is 17.8. The van der Waals surface area contributed by atoms with E-state index in [1.54, 1.807) is 0 Å². The first kappa shape index (κ1) is 20.8. The molecule has 3 saturated heterocycles. The Bertz CT molecular complexity index is 693. The molecule has 3 aliphatic heterocycles. The Morgan fingerprint density at radius 1 is 1.24 bits per heavy atom. The Morgan fingerprint density at radius 2 is 2.00 bits per heavy atom. The third kappa shape index (κ3) is 5.17. The van der Waals surface area contributed by atoms with Crippen LogP contribution in [0.4, 0.5) is 0 Å². The lowest BCUT2D eigenvalue weighted by atomic mass is 9.83. The van der Waals surface area contributed by atoms with Gasteiger partial charge >= 0.3 is 0 Å². The van der Waals surface area contributed by atoms with Crippen molar-refractivity contribution in [2.45, 2.75) is 50.9 Å². The molecule has 4 rings (SSSR count). The van der Waals surface area contributed by atoms with Crippen LogP contribution in [0.1, 0.15) is 36.9 Å². The zero-order valence-electron chi connectivity index (χ0n) is 17.8. The standard InChI is InChI=1S/C21H34N4O4/c1-17-18(14-23(2)22-17)15-24-6-4-21(5-7-24)13-19(3-10-29-21)28-16-20(26)25-8-11-27-12-9-25/h14,19H,3-13,15-16H2,1-2H3. The van der Waals surface area contributed by atoms with Gasteiger partial charge in [-0.25, -0.2) is 0 Å². The van der Waals surface area contributed by atoms with Gasteiger partial charge in [0.05, 0.1) is 30.6 Å². The highest BCUT2D eigenvalue weighted by molar-refractivity contribution is 5.77. The van der Waals surface area contributed by atoms with Crippen molar-refractivity contribution in [2.24, 2.45) is 7.05 Å². The first-order valence-corrected chi connectivity index (χ1v) is 10.9. The SMILES string of the molecule is Cc1nn(C)cc1CN1CCC2(CC1)CC(OCC(=O)N1CCOCC1)CCO2. The lowest BCUT2D eigenvalue weighted by Crippen LogP contribution is -2.51. The Kier molecular flexibility index (Phi) is 6.53. The number of hydrogen-bond donors (Lipinski definition) is 0. The van der Waals surface area contributed by atoms with E-state index >= 15 is 0 Å². The molecule has 0 aromatic carbocycles. The second-order valence-corrected chi connectivity index (χ2v) is 8.64. The number of hydrogen-bond acceptors (Lipinski definition) is 6. The summed E-state index contributed by atoms with van der Waals surface area (Å²) in [7, 11) is 1.97. The van der Waals surface area contributed by atoms with Crippen LogP contribution in [-0.4, -0.2) is 89.8 Å². The van der Waals surface area contributed by atoms with Gasteiger partial charge in [-0.1, -0.05) is 0 Å². The summed E-state index contributed by atoms with van der Waals surface area (Å²) in [6.07, 6.45) is 6.03. The lowest BCUT2D eigenvalue weighted by molar-refractivity contribution is -0.165. The summed E-state index contributed by atoms with van der Waals surface area (Å²) < 4.78 is 19.5. The number of rotatable bonds is 5. The van der Waals surface area contributed by atoms with Crippen LogP contribution in [0.5, 0.6) is 0 Å². The van der Waals surface area contributed by atoms with Crippen molar-refractivity contribution in [3.8, 4) is 0 Å². The number of aryl methyl sites for hydroxylation is 2. The molecule has 8 heteroatoms. The van der Waals surface area contributed by atoms with E-state index in [9.17, 15) is 4.79 Å². The fraction of sp³-hybridized carbons (Fsp3) is 0.810. The van der Waals surface area contributed by atoms with Crippen molar-refractivity contribution in [1.29, 1.82) is 0 Å². The molecule has 162 valence electrons. The molecular formula is C21H34N4O4. The van der Waals surface area contributed by atoms with E-state index in [1.807, 2.05) is 16.6 Å². The molecule has 3 aliphatic rings. The highest BCUT2D eigenvalue weighted by atomic mass is 16.5. The number of carbonyl (C=O) groups excluding carboxylic acids is 1. The summed E-state index contributed by atoms with van der Waals surface area (Å²) in [5.74, 6) is 0.0792. The summed E-state index contributed by atoms with van der Waals surface area (Å²) in [4.78, 5) is 16.7. The smallest absolute Gasteiger partial charge is 0.248 e. The molecule has 1 unspecified atom stereocenters. The highest BCUT2D eigenvalue weighted by Crippen LogP contribution is 2.36. The molecule has 3 fully saturated rings.